The lowest BCUT2D eigenvalue weighted by molar-refractivity contribution is -0.136. The predicted molar refractivity (Wildman–Crippen MR) is 58.1 cm³/mol. The third-order valence-electron chi connectivity index (χ3n) is 3.42. The van der Waals surface area contributed by atoms with Crippen molar-refractivity contribution in [2.24, 2.45) is 11.8 Å². The van der Waals surface area contributed by atoms with Crippen molar-refractivity contribution in [3.05, 3.63) is 0 Å². The van der Waals surface area contributed by atoms with Crippen molar-refractivity contribution >= 4 is 12.0 Å². The fraction of sp³-hybridized carbons (Fsp3) is 0.818. The Kier molecular flexibility index (Phi) is 3.31. The molecule has 2 rings (SSSR count). The Morgan fingerprint density at radius 1 is 1.25 bits per heavy atom. The van der Waals surface area contributed by atoms with E-state index in [1.54, 1.807) is 0 Å². The van der Waals surface area contributed by atoms with E-state index in [-0.39, 0.29) is 19.0 Å². The van der Waals surface area contributed by atoms with Crippen LogP contribution in [0.5, 0.6) is 0 Å². The van der Waals surface area contributed by atoms with E-state index in [2.05, 4.69) is 5.32 Å². The van der Waals surface area contributed by atoms with Crippen LogP contribution in [0.4, 0.5) is 4.79 Å². The van der Waals surface area contributed by atoms with Crippen molar-refractivity contribution in [1.82, 2.24) is 10.2 Å². The number of nitrogens with zero attached hydrogens (tertiary/aromatic N) is 1. The molecular formula is C11H18N2O3. The van der Waals surface area contributed by atoms with Gasteiger partial charge >= 0.3 is 12.0 Å². The van der Waals surface area contributed by atoms with Crippen LogP contribution in [0.2, 0.25) is 0 Å². The number of carbonyl (C=O) groups excluding carboxylic acids is 1. The second kappa shape index (κ2) is 4.72. The molecule has 0 aromatic heterocycles. The van der Waals surface area contributed by atoms with E-state index in [1.165, 1.54) is 12.8 Å². The Morgan fingerprint density at radius 3 is 2.62 bits per heavy atom. The van der Waals surface area contributed by atoms with Gasteiger partial charge in [0.15, 0.2) is 0 Å². The maximum atomic E-state index is 11.6. The molecule has 2 N–H and O–H groups in total. The monoisotopic (exact) mass is 226 g/mol. The molecule has 0 aromatic rings. The first kappa shape index (κ1) is 11.2. The van der Waals surface area contributed by atoms with Crippen LogP contribution in [0.1, 0.15) is 25.7 Å². The van der Waals surface area contributed by atoms with Gasteiger partial charge in [0.2, 0.25) is 0 Å². The first-order chi connectivity index (χ1) is 7.66. The molecule has 90 valence electrons. The van der Waals surface area contributed by atoms with Gasteiger partial charge in [-0.3, -0.25) is 4.79 Å². The Labute approximate surface area is 94.8 Å². The minimum absolute atomic E-state index is 0.00830. The van der Waals surface area contributed by atoms with E-state index in [0.29, 0.717) is 5.92 Å². The van der Waals surface area contributed by atoms with E-state index in [9.17, 15) is 9.59 Å². The zero-order valence-electron chi connectivity index (χ0n) is 9.32. The SMILES string of the molecule is O=C(O)CCNC(=O)N1CCC(C2CC2)C1. The molecule has 1 aliphatic carbocycles. The molecule has 1 unspecified atom stereocenters. The number of rotatable bonds is 4. The minimum Gasteiger partial charge on any atom is -0.481 e. The summed E-state index contributed by atoms with van der Waals surface area (Å²) in [5.74, 6) is 0.652. The Hall–Kier alpha value is -1.26. The number of urea groups is 1. The van der Waals surface area contributed by atoms with Crippen LogP contribution in [0, 0.1) is 11.8 Å². The molecule has 1 saturated heterocycles. The van der Waals surface area contributed by atoms with Gasteiger partial charge in [0, 0.05) is 19.6 Å². The molecule has 5 nitrogen and oxygen atoms in total. The van der Waals surface area contributed by atoms with Crippen LogP contribution in [0.3, 0.4) is 0 Å². The summed E-state index contributed by atoms with van der Waals surface area (Å²) < 4.78 is 0. The number of hydrogen-bond donors (Lipinski definition) is 2. The van der Waals surface area contributed by atoms with Gasteiger partial charge in [-0.05, 0) is 31.1 Å². The number of hydrogen-bond acceptors (Lipinski definition) is 2. The van der Waals surface area contributed by atoms with Crippen molar-refractivity contribution in [2.75, 3.05) is 19.6 Å². The summed E-state index contributed by atoms with van der Waals surface area (Å²) in [6.07, 6.45) is 3.74. The first-order valence-electron chi connectivity index (χ1n) is 5.91. The van der Waals surface area contributed by atoms with Crippen LogP contribution >= 0.6 is 0 Å². The number of nitrogens with one attached hydrogen (secondary N) is 1. The lowest BCUT2D eigenvalue weighted by Gasteiger charge is -2.16. The summed E-state index contributed by atoms with van der Waals surface area (Å²) in [5, 5.41) is 11.1. The van der Waals surface area contributed by atoms with Crippen molar-refractivity contribution in [3.8, 4) is 0 Å². The summed E-state index contributed by atoms with van der Waals surface area (Å²) in [6, 6.07) is -0.107. The summed E-state index contributed by atoms with van der Waals surface area (Å²) in [5.41, 5.74) is 0. The molecule has 0 radical (unpaired) electrons. The Balaban J connectivity index is 1.67. The lowest BCUT2D eigenvalue weighted by atomic mass is 10.0. The second-order valence-electron chi connectivity index (χ2n) is 4.71. The van der Waals surface area contributed by atoms with E-state index in [4.69, 9.17) is 5.11 Å². The van der Waals surface area contributed by atoms with Gasteiger partial charge in [-0.25, -0.2) is 4.79 Å². The minimum atomic E-state index is -0.877. The standard InChI is InChI=1S/C11H18N2O3/c14-10(15)3-5-12-11(16)13-6-4-9(7-13)8-1-2-8/h8-9H,1-7H2,(H,12,16)(H,14,15). The van der Waals surface area contributed by atoms with Gasteiger partial charge in [-0.2, -0.15) is 0 Å². The molecule has 2 amide bonds. The molecule has 1 aliphatic heterocycles. The maximum Gasteiger partial charge on any atom is 0.317 e. The molecule has 0 spiro atoms. The molecule has 1 heterocycles. The van der Waals surface area contributed by atoms with Crippen molar-refractivity contribution in [2.45, 2.75) is 25.7 Å². The van der Waals surface area contributed by atoms with Crippen molar-refractivity contribution in [3.63, 3.8) is 0 Å². The highest BCUT2D eigenvalue weighted by atomic mass is 16.4. The molecule has 2 fully saturated rings. The van der Waals surface area contributed by atoms with Gasteiger partial charge in [0.05, 0.1) is 6.42 Å². The molecule has 16 heavy (non-hydrogen) atoms. The smallest absolute Gasteiger partial charge is 0.317 e. The number of carbonyl (C=O) groups is 2. The summed E-state index contributed by atoms with van der Waals surface area (Å²) in [7, 11) is 0. The highest BCUT2D eigenvalue weighted by Gasteiger charge is 2.37. The predicted octanol–water partition coefficient (Wildman–Crippen LogP) is 0.903. The van der Waals surface area contributed by atoms with E-state index < -0.39 is 5.97 Å². The maximum absolute atomic E-state index is 11.6. The highest BCUT2D eigenvalue weighted by molar-refractivity contribution is 5.75. The van der Waals surface area contributed by atoms with Gasteiger partial charge in [0.25, 0.3) is 0 Å². The molecule has 1 atom stereocenters. The van der Waals surface area contributed by atoms with E-state index >= 15 is 0 Å². The summed E-state index contributed by atoms with van der Waals surface area (Å²) >= 11 is 0. The van der Waals surface area contributed by atoms with E-state index in [0.717, 1.165) is 25.4 Å². The van der Waals surface area contributed by atoms with Gasteiger partial charge in [-0.15, -0.1) is 0 Å². The average molecular weight is 226 g/mol. The number of aliphatic carboxylic acids is 1. The van der Waals surface area contributed by atoms with Gasteiger partial charge in [-0.1, -0.05) is 0 Å². The quantitative estimate of drug-likeness (QED) is 0.748. The Bertz CT molecular complexity index is 289. The third kappa shape index (κ3) is 2.87. The third-order valence-corrected chi connectivity index (χ3v) is 3.42. The van der Waals surface area contributed by atoms with Crippen LogP contribution in [-0.4, -0.2) is 41.6 Å². The molecular weight excluding hydrogens is 208 g/mol. The molecule has 1 saturated carbocycles. The molecule has 5 heteroatoms. The zero-order chi connectivity index (χ0) is 11.5. The molecule has 2 aliphatic rings. The van der Waals surface area contributed by atoms with E-state index in [1.807, 2.05) is 4.90 Å². The van der Waals surface area contributed by atoms with Crippen molar-refractivity contribution in [1.29, 1.82) is 0 Å². The van der Waals surface area contributed by atoms with Gasteiger partial charge in [0.1, 0.15) is 0 Å². The summed E-state index contributed by atoms with van der Waals surface area (Å²) in [4.78, 5) is 23.7. The number of likely N-dealkylation sites (tertiary alicyclic amines) is 1. The van der Waals surface area contributed by atoms with Crippen LogP contribution < -0.4 is 5.32 Å². The lowest BCUT2D eigenvalue weighted by Crippen LogP contribution is -2.39. The number of amides is 2. The topological polar surface area (TPSA) is 69.6 Å². The fourth-order valence-electron chi connectivity index (χ4n) is 2.31. The average Bonchev–Trinajstić information content (AvgIpc) is 2.96. The highest BCUT2D eigenvalue weighted by Crippen LogP contribution is 2.41. The Morgan fingerprint density at radius 2 is 2.00 bits per heavy atom. The normalized spacial score (nSPS) is 24.5. The zero-order valence-corrected chi connectivity index (χ0v) is 9.32. The second-order valence-corrected chi connectivity index (χ2v) is 4.71. The van der Waals surface area contributed by atoms with Gasteiger partial charge < -0.3 is 15.3 Å². The number of carboxylic acids is 1. The molecule has 0 bridgehead atoms. The van der Waals surface area contributed by atoms with Crippen LogP contribution in [0.15, 0.2) is 0 Å². The van der Waals surface area contributed by atoms with Crippen LogP contribution in [-0.2, 0) is 4.79 Å². The first-order valence-corrected chi connectivity index (χ1v) is 5.91. The number of carboxylic acid groups (broad SMARTS) is 1. The molecule has 0 aromatic carbocycles. The largest absolute Gasteiger partial charge is 0.481 e. The van der Waals surface area contributed by atoms with Crippen molar-refractivity contribution < 1.29 is 14.7 Å². The summed E-state index contributed by atoms with van der Waals surface area (Å²) in [6.45, 7) is 1.89. The fourth-order valence-corrected chi connectivity index (χ4v) is 2.31. The van der Waals surface area contributed by atoms with Crippen LogP contribution in [0.25, 0.3) is 0 Å².